The van der Waals surface area contributed by atoms with Gasteiger partial charge in [0.05, 0.1) is 12.6 Å². The summed E-state index contributed by atoms with van der Waals surface area (Å²) in [5.74, 6) is 0. The van der Waals surface area contributed by atoms with Gasteiger partial charge in [-0.25, -0.2) is 0 Å². The van der Waals surface area contributed by atoms with E-state index in [1.807, 2.05) is 12.1 Å². The minimum atomic E-state index is 0.454. The van der Waals surface area contributed by atoms with Crippen molar-refractivity contribution in [2.24, 2.45) is 0 Å². The molecule has 3 nitrogen and oxygen atoms in total. The first-order valence-electron chi connectivity index (χ1n) is 5.99. The number of nitrogens with one attached hydrogen (secondary N) is 1. The smallest absolute Gasteiger partial charge is 0.0668 e. The summed E-state index contributed by atoms with van der Waals surface area (Å²) in [6, 6.07) is 13.0. The summed E-state index contributed by atoms with van der Waals surface area (Å²) in [6.45, 7) is 1.68. The highest BCUT2D eigenvalue weighted by molar-refractivity contribution is 5.52. The third-order valence-corrected chi connectivity index (χ3v) is 3.05. The van der Waals surface area contributed by atoms with Crippen molar-refractivity contribution in [2.45, 2.75) is 12.5 Å². The maximum atomic E-state index is 5.36. The van der Waals surface area contributed by atoms with E-state index in [1.54, 1.807) is 0 Å². The number of benzene rings is 1. The van der Waals surface area contributed by atoms with Gasteiger partial charge in [-0.3, -0.25) is 0 Å². The molecular weight excluding hydrogens is 212 g/mol. The van der Waals surface area contributed by atoms with Gasteiger partial charge in [0.25, 0.3) is 0 Å². The Kier molecular flexibility index (Phi) is 2.84. The molecule has 2 aromatic rings. The SMILES string of the molecule is c1cc(NC2CCOC2)cc(-n2cccc2)c1. The average Bonchev–Trinajstić information content (AvgIpc) is 3.01. The first kappa shape index (κ1) is 10.4. The molecule has 1 unspecified atom stereocenters. The number of rotatable bonds is 3. The van der Waals surface area contributed by atoms with Crippen LogP contribution in [0.5, 0.6) is 0 Å². The van der Waals surface area contributed by atoms with Crippen molar-refractivity contribution in [1.82, 2.24) is 4.57 Å². The van der Waals surface area contributed by atoms with Gasteiger partial charge in [0.2, 0.25) is 0 Å². The second-order valence-corrected chi connectivity index (χ2v) is 4.35. The Morgan fingerprint density at radius 2 is 2.06 bits per heavy atom. The largest absolute Gasteiger partial charge is 0.380 e. The minimum absolute atomic E-state index is 0.454. The van der Waals surface area contributed by atoms with Crippen LogP contribution in [-0.2, 0) is 4.74 Å². The molecule has 1 saturated heterocycles. The maximum absolute atomic E-state index is 5.36. The van der Waals surface area contributed by atoms with E-state index in [0.717, 1.165) is 25.3 Å². The molecule has 17 heavy (non-hydrogen) atoms. The lowest BCUT2D eigenvalue weighted by atomic mass is 10.2. The molecule has 0 spiro atoms. The maximum Gasteiger partial charge on any atom is 0.0668 e. The fraction of sp³-hybridized carbons (Fsp3) is 0.286. The molecule has 0 aliphatic carbocycles. The summed E-state index contributed by atoms with van der Waals surface area (Å²) in [7, 11) is 0. The Hall–Kier alpha value is -1.74. The van der Waals surface area contributed by atoms with Crippen molar-refractivity contribution in [3.63, 3.8) is 0 Å². The molecule has 1 aliphatic heterocycles. The van der Waals surface area contributed by atoms with Crippen molar-refractivity contribution in [3.8, 4) is 5.69 Å². The van der Waals surface area contributed by atoms with E-state index in [2.05, 4.69) is 46.5 Å². The number of hydrogen-bond donors (Lipinski definition) is 1. The molecule has 1 atom stereocenters. The Morgan fingerprint density at radius 3 is 2.82 bits per heavy atom. The summed E-state index contributed by atoms with van der Waals surface area (Å²) in [5.41, 5.74) is 2.34. The molecule has 0 amide bonds. The highest BCUT2D eigenvalue weighted by Gasteiger charge is 2.14. The standard InChI is InChI=1S/C14H16N2O/c1-2-8-16(7-1)14-5-3-4-12(10-14)15-13-6-9-17-11-13/h1-5,7-8,10,13,15H,6,9,11H2. The number of anilines is 1. The second kappa shape index (κ2) is 4.63. The van der Waals surface area contributed by atoms with E-state index >= 15 is 0 Å². The second-order valence-electron chi connectivity index (χ2n) is 4.35. The Labute approximate surface area is 101 Å². The zero-order chi connectivity index (χ0) is 11.5. The lowest BCUT2D eigenvalue weighted by Gasteiger charge is -2.13. The molecule has 1 fully saturated rings. The van der Waals surface area contributed by atoms with Gasteiger partial charge in [0.15, 0.2) is 0 Å². The van der Waals surface area contributed by atoms with Crippen molar-refractivity contribution in [2.75, 3.05) is 18.5 Å². The summed E-state index contributed by atoms with van der Waals surface area (Å²) < 4.78 is 7.47. The Morgan fingerprint density at radius 1 is 1.18 bits per heavy atom. The monoisotopic (exact) mass is 228 g/mol. The fourth-order valence-corrected chi connectivity index (χ4v) is 2.15. The van der Waals surface area contributed by atoms with Crippen LogP contribution < -0.4 is 5.32 Å². The van der Waals surface area contributed by atoms with E-state index in [-0.39, 0.29) is 0 Å². The van der Waals surface area contributed by atoms with E-state index in [4.69, 9.17) is 4.74 Å². The minimum Gasteiger partial charge on any atom is -0.380 e. The van der Waals surface area contributed by atoms with Gasteiger partial charge in [-0.05, 0) is 36.8 Å². The van der Waals surface area contributed by atoms with Crippen LogP contribution in [0.2, 0.25) is 0 Å². The first-order valence-corrected chi connectivity index (χ1v) is 5.99. The number of hydrogen-bond acceptors (Lipinski definition) is 2. The van der Waals surface area contributed by atoms with Crippen LogP contribution in [0, 0.1) is 0 Å². The molecule has 88 valence electrons. The van der Waals surface area contributed by atoms with Gasteiger partial charge >= 0.3 is 0 Å². The highest BCUT2D eigenvalue weighted by atomic mass is 16.5. The van der Waals surface area contributed by atoms with Crippen LogP contribution in [0.4, 0.5) is 5.69 Å². The van der Waals surface area contributed by atoms with Crippen LogP contribution in [-0.4, -0.2) is 23.8 Å². The van der Waals surface area contributed by atoms with Crippen molar-refractivity contribution < 1.29 is 4.74 Å². The van der Waals surface area contributed by atoms with Gasteiger partial charge in [-0.1, -0.05) is 6.07 Å². The van der Waals surface area contributed by atoms with Crippen LogP contribution in [0.15, 0.2) is 48.8 Å². The molecule has 1 N–H and O–H groups in total. The molecule has 3 heteroatoms. The molecule has 1 aromatic carbocycles. The summed E-state index contributed by atoms with van der Waals surface area (Å²) >= 11 is 0. The molecule has 0 radical (unpaired) electrons. The fourth-order valence-electron chi connectivity index (χ4n) is 2.15. The van der Waals surface area contributed by atoms with Crippen LogP contribution >= 0.6 is 0 Å². The van der Waals surface area contributed by atoms with E-state index in [0.29, 0.717) is 6.04 Å². The Bertz CT molecular complexity index is 473. The molecule has 3 rings (SSSR count). The number of aromatic nitrogens is 1. The molecule has 0 bridgehead atoms. The zero-order valence-electron chi connectivity index (χ0n) is 9.67. The zero-order valence-corrected chi connectivity index (χ0v) is 9.67. The summed E-state index contributed by atoms with van der Waals surface area (Å²) in [4.78, 5) is 0. The van der Waals surface area contributed by atoms with Crippen molar-refractivity contribution in [1.29, 1.82) is 0 Å². The van der Waals surface area contributed by atoms with Crippen molar-refractivity contribution in [3.05, 3.63) is 48.8 Å². The predicted molar refractivity (Wildman–Crippen MR) is 68.6 cm³/mol. The van der Waals surface area contributed by atoms with Crippen LogP contribution in [0.25, 0.3) is 5.69 Å². The van der Waals surface area contributed by atoms with Gasteiger partial charge in [-0.2, -0.15) is 0 Å². The van der Waals surface area contributed by atoms with Crippen LogP contribution in [0.1, 0.15) is 6.42 Å². The predicted octanol–water partition coefficient (Wildman–Crippen LogP) is 2.68. The lowest BCUT2D eigenvalue weighted by Crippen LogP contribution is -2.18. The van der Waals surface area contributed by atoms with Crippen molar-refractivity contribution >= 4 is 5.69 Å². The number of ether oxygens (including phenoxy) is 1. The molecule has 1 aliphatic rings. The van der Waals surface area contributed by atoms with E-state index in [9.17, 15) is 0 Å². The average molecular weight is 228 g/mol. The quantitative estimate of drug-likeness (QED) is 0.874. The summed E-state index contributed by atoms with van der Waals surface area (Å²) in [6.07, 6.45) is 5.20. The van der Waals surface area contributed by atoms with E-state index < -0.39 is 0 Å². The molecule has 1 aromatic heterocycles. The van der Waals surface area contributed by atoms with Crippen LogP contribution in [0.3, 0.4) is 0 Å². The third-order valence-electron chi connectivity index (χ3n) is 3.05. The topological polar surface area (TPSA) is 26.2 Å². The van der Waals surface area contributed by atoms with Gasteiger partial charge in [0.1, 0.15) is 0 Å². The molecular formula is C14H16N2O. The number of nitrogens with zero attached hydrogens (tertiary/aromatic N) is 1. The molecule has 2 heterocycles. The van der Waals surface area contributed by atoms with E-state index in [1.165, 1.54) is 5.69 Å². The molecule has 0 saturated carbocycles. The summed E-state index contributed by atoms with van der Waals surface area (Å²) in [5, 5.41) is 3.50. The van der Waals surface area contributed by atoms with Gasteiger partial charge in [-0.15, -0.1) is 0 Å². The first-order chi connectivity index (χ1) is 8.42. The Balaban J connectivity index is 1.79. The lowest BCUT2D eigenvalue weighted by molar-refractivity contribution is 0.195. The third kappa shape index (κ3) is 2.34. The highest BCUT2D eigenvalue weighted by Crippen LogP contribution is 2.17. The van der Waals surface area contributed by atoms with Gasteiger partial charge in [0, 0.05) is 30.4 Å². The normalized spacial score (nSPS) is 19.4. The van der Waals surface area contributed by atoms with Gasteiger partial charge < -0.3 is 14.6 Å².